The van der Waals surface area contributed by atoms with Crippen LogP contribution in [0.3, 0.4) is 0 Å². The molecule has 0 saturated carbocycles. The molecule has 7 heteroatoms. The third kappa shape index (κ3) is 3.66. The van der Waals surface area contributed by atoms with E-state index >= 15 is 0 Å². The second kappa shape index (κ2) is 6.83. The minimum Gasteiger partial charge on any atom is -0.457 e. The highest BCUT2D eigenvalue weighted by atomic mass is 16.5. The zero-order valence-corrected chi connectivity index (χ0v) is 12.3. The third-order valence-corrected chi connectivity index (χ3v) is 2.96. The maximum atomic E-state index is 12.0. The van der Waals surface area contributed by atoms with Gasteiger partial charge in [0.15, 0.2) is 5.69 Å². The summed E-state index contributed by atoms with van der Waals surface area (Å²) in [5.74, 6) is -0.669. The number of amides is 1. The monoisotopic (exact) mass is 280 g/mol. The molecule has 0 N–H and O–H groups in total. The van der Waals surface area contributed by atoms with E-state index in [9.17, 15) is 9.59 Å². The van der Waals surface area contributed by atoms with Gasteiger partial charge in [0.25, 0.3) is 0 Å². The van der Waals surface area contributed by atoms with Gasteiger partial charge in [-0.25, -0.2) is 9.48 Å². The van der Waals surface area contributed by atoms with Crippen molar-refractivity contribution in [3.63, 3.8) is 0 Å². The van der Waals surface area contributed by atoms with E-state index in [2.05, 4.69) is 16.9 Å². The van der Waals surface area contributed by atoms with Gasteiger partial charge in [0.1, 0.15) is 13.2 Å². The van der Waals surface area contributed by atoms with E-state index in [0.29, 0.717) is 5.69 Å². The molecule has 1 heterocycles. The Morgan fingerprint density at radius 1 is 1.50 bits per heavy atom. The maximum Gasteiger partial charge on any atom is 0.361 e. The normalized spacial score (nSPS) is 10.4. The summed E-state index contributed by atoms with van der Waals surface area (Å²) in [7, 11) is 1.72. The van der Waals surface area contributed by atoms with E-state index < -0.39 is 5.97 Å². The Kier molecular flexibility index (Phi) is 5.42. The summed E-state index contributed by atoms with van der Waals surface area (Å²) >= 11 is 0. The van der Waals surface area contributed by atoms with Crippen LogP contribution in [0.1, 0.15) is 30.0 Å². The van der Waals surface area contributed by atoms with Crippen LogP contribution in [0.25, 0.3) is 0 Å². The van der Waals surface area contributed by atoms with Gasteiger partial charge < -0.3 is 9.64 Å². The van der Waals surface area contributed by atoms with Gasteiger partial charge in [-0.1, -0.05) is 17.9 Å². The van der Waals surface area contributed by atoms with Crippen LogP contribution in [0.5, 0.6) is 0 Å². The van der Waals surface area contributed by atoms with Gasteiger partial charge >= 0.3 is 5.97 Å². The zero-order valence-electron chi connectivity index (χ0n) is 12.3. The molecule has 0 bridgehead atoms. The van der Waals surface area contributed by atoms with Crippen molar-refractivity contribution in [2.75, 3.05) is 13.7 Å². The number of nitrogens with zero attached hydrogens (tertiary/aromatic N) is 4. The fourth-order valence-electron chi connectivity index (χ4n) is 1.43. The number of carbonyl (C=O) groups excluding carboxylic acids is 2. The SMILES string of the molecule is C=CCOC(=O)c1nnn(CC(=O)N(C)C(C)C)c1C. The molecule has 1 aromatic rings. The van der Waals surface area contributed by atoms with Crippen molar-refractivity contribution < 1.29 is 14.3 Å². The van der Waals surface area contributed by atoms with Gasteiger partial charge in [-0.2, -0.15) is 0 Å². The van der Waals surface area contributed by atoms with Crippen LogP contribution in [0.15, 0.2) is 12.7 Å². The lowest BCUT2D eigenvalue weighted by atomic mass is 10.3. The van der Waals surface area contributed by atoms with Crippen LogP contribution >= 0.6 is 0 Å². The van der Waals surface area contributed by atoms with Crippen molar-refractivity contribution in [1.82, 2.24) is 19.9 Å². The molecule has 0 spiro atoms. The van der Waals surface area contributed by atoms with Crippen LogP contribution in [0, 0.1) is 6.92 Å². The van der Waals surface area contributed by atoms with Gasteiger partial charge in [-0.3, -0.25) is 4.79 Å². The zero-order chi connectivity index (χ0) is 15.3. The Morgan fingerprint density at radius 2 is 2.15 bits per heavy atom. The van der Waals surface area contributed by atoms with Crippen LogP contribution in [0.4, 0.5) is 0 Å². The summed E-state index contributed by atoms with van der Waals surface area (Å²) in [4.78, 5) is 25.3. The van der Waals surface area contributed by atoms with Crippen molar-refractivity contribution in [2.24, 2.45) is 0 Å². The molecule has 110 valence electrons. The van der Waals surface area contributed by atoms with Gasteiger partial charge in [0, 0.05) is 13.1 Å². The Morgan fingerprint density at radius 3 is 2.70 bits per heavy atom. The number of rotatable bonds is 6. The number of hydrogen-bond donors (Lipinski definition) is 0. The number of ether oxygens (including phenoxy) is 1. The second-order valence-corrected chi connectivity index (χ2v) is 4.67. The van der Waals surface area contributed by atoms with Crippen LogP contribution < -0.4 is 0 Å². The second-order valence-electron chi connectivity index (χ2n) is 4.67. The first-order valence-corrected chi connectivity index (χ1v) is 6.32. The molecule has 0 radical (unpaired) electrons. The van der Waals surface area contributed by atoms with E-state index in [0.717, 1.165) is 0 Å². The van der Waals surface area contributed by atoms with Gasteiger partial charge in [-0.15, -0.1) is 5.10 Å². The number of esters is 1. The van der Waals surface area contributed by atoms with Gasteiger partial charge in [-0.05, 0) is 20.8 Å². The highest BCUT2D eigenvalue weighted by Gasteiger charge is 2.20. The summed E-state index contributed by atoms with van der Waals surface area (Å²) in [6, 6.07) is 0.100. The number of carbonyl (C=O) groups is 2. The van der Waals surface area contributed by atoms with Crippen molar-refractivity contribution in [3.05, 3.63) is 24.0 Å². The van der Waals surface area contributed by atoms with Crippen molar-refractivity contribution in [1.29, 1.82) is 0 Å². The number of hydrogen-bond acceptors (Lipinski definition) is 5. The van der Waals surface area contributed by atoms with E-state index in [4.69, 9.17) is 4.74 Å². The lowest BCUT2D eigenvalue weighted by Crippen LogP contribution is -2.36. The van der Waals surface area contributed by atoms with E-state index in [1.54, 1.807) is 18.9 Å². The molecule has 1 amide bonds. The minimum absolute atomic E-state index is 0.0439. The average molecular weight is 280 g/mol. The molecule has 1 rings (SSSR count). The molecule has 0 aliphatic rings. The molecule has 0 unspecified atom stereocenters. The summed E-state index contributed by atoms with van der Waals surface area (Å²) in [6.45, 7) is 9.13. The molecule has 0 aliphatic heterocycles. The topological polar surface area (TPSA) is 77.3 Å². The Balaban J connectivity index is 2.79. The molecule has 1 aromatic heterocycles. The predicted octanol–water partition coefficient (Wildman–Crippen LogP) is 0.796. The summed E-state index contributed by atoms with van der Waals surface area (Å²) < 4.78 is 6.29. The summed E-state index contributed by atoms with van der Waals surface area (Å²) in [6.07, 6.45) is 1.47. The molecular formula is C13H20N4O3. The standard InChI is InChI=1S/C13H20N4O3/c1-6-7-20-13(19)12-10(4)17(15-14-12)8-11(18)16(5)9(2)3/h6,9H,1,7-8H2,2-5H3. The van der Waals surface area contributed by atoms with E-state index in [-0.39, 0.29) is 30.8 Å². The fourth-order valence-corrected chi connectivity index (χ4v) is 1.43. The highest BCUT2D eigenvalue weighted by molar-refractivity contribution is 5.88. The first-order chi connectivity index (χ1) is 9.38. The number of likely N-dealkylation sites (N-methyl/N-ethyl adjacent to an activating group) is 1. The molecule has 7 nitrogen and oxygen atoms in total. The maximum absolute atomic E-state index is 12.0. The first-order valence-electron chi connectivity index (χ1n) is 6.32. The number of aromatic nitrogens is 3. The lowest BCUT2D eigenvalue weighted by Gasteiger charge is -2.21. The molecule has 0 atom stereocenters. The summed E-state index contributed by atoms with van der Waals surface area (Å²) in [5, 5.41) is 7.58. The minimum atomic E-state index is -0.571. The van der Waals surface area contributed by atoms with Crippen LogP contribution in [-0.2, 0) is 16.1 Å². The van der Waals surface area contributed by atoms with Crippen molar-refractivity contribution in [3.8, 4) is 0 Å². The van der Waals surface area contributed by atoms with E-state index in [1.165, 1.54) is 10.8 Å². The molecule has 0 fully saturated rings. The Bertz CT molecular complexity index is 508. The molecule has 0 aromatic carbocycles. The average Bonchev–Trinajstić information content (AvgIpc) is 2.76. The Labute approximate surface area is 118 Å². The fraction of sp³-hybridized carbons (Fsp3) is 0.538. The molecule has 20 heavy (non-hydrogen) atoms. The van der Waals surface area contributed by atoms with Crippen molar-refractivity contribution >= 4 is 11.9 Å². The van der Waals surface area contributed by atoms with Gasteiger partial charge in [0.2, 0.25) is 5.91 Å². The lowest BCUT2D eigenvalue weighted by molar-refractivity contribution is -0.132. The third-order valence-electron chi connectivity index (χ3n) is 2.96. The quantitative estimate of drug-likeness (QED) is 0.569. The summed E-state index contributed by atoms with van der Waals surface area (Å²) in [5.41, 5.74) is 0.622. The van der Waals surface area contributed by atoms with Crippen molar-refractivity contribution in [2.45, 2.75) is 33.4 Å². The predicted molar refractivity (Wildman–Crippen MR) is 73.1 cm³/mol. The Hall–Kier alpha value is -2.18. The smallest absolute Gasteiger partial charge is 0.361 e. The first kappa shape index (κ1) is 15.9. The van der Waals surface area contributed by atoms with Crippen LogP contribution in [0.2, 0.25) is 0 Å². The molecule has 0 saturated heterocycles. The van der Waals surface area contributed by atoms with E-state index in [1.807, 2.05) is 13.8 Å². The van der Waals surface area contributed by atoms with Crippen LogP contribution in [-0.4, -0.2) is 51.5 Å². The van der Waals surface area contributed by atoms with Gasteiger partial charge in [0.05, 0.1) is 5.69 Å². The molecular weight excluding hydrogens is 260 g/mol. The molecule has 0 aliphatic carbocycles. The largest absolute Gasteiger partial charge is 0.457 e. The highest BCUT2D eigenvalue weighted by Crippen LogP contribution is 2.07.